The van der Waals surface area contributed by atoms with Gasteiger partial charge in [-0.25, -0.2) is 9.18 Å². The Labute approximate surface area is 117 Å². The summed E-state index contributed by atoms with van der Waals surface area (Å²) in [5, 5.41) is 9.52. The van der Waals surface area contributed by atoms with Crippen molar-refractivity contribution in [1.82, 2.24) is 0 Å². The molecule has 1 unspecified atom stereocenters. The van der Waals surface area contributed by atoms with Crippen LogP contribution in [0.5, 0.6) is 0 Å². The summed E-state index contributed by atoms with van der Waals surface area (Å²) in [6, 6.07) is 14.1. The van der Waals surface area contributed by atoms with Crippen LogP contribution in [0, 0.1) is 5.82 Å². The molecule has 0 aliphatic carbocycles. The van der Waals surface area contributed by atoms with Crippen LogP contribution in [0.2, 0.25) is 0 Å². The molecule has 0 saturated carbocycles. The van der Waals surface area contributed by atoms with E-state index in [-0.39, 0.29) is 0 Å². The summed E-state index contributed by atoms with van der Waals surface area (Å²) >= 11 is 0. The van der Waals surface area contributed by atoms with Gasteiger partial charge < -0.3 is 10.0 Å². The van der Waals surface area contributed by atoms with Crippen LogP contribution in [0.15, 0.2) is 54.6 Å². The molecule has 0 aliphatic heterocycles. The van der Waals surface area contributed by atoms with E-state index in [9.17, 15) is 14.3 Å². The molecule has 0 saturated heterocycles. The summed E-state index contributed by atoms with van der Waals surface area (Å²) in [5.74, 6) is -1.43. The van der Waals surface area contributed by atoms with Gasteiger partial charge in [-0.05, 0) is 36.8 Å². The normalized spacial score (nSPS) is 11.9. The number of nitrogens with zero attached hydrogens (tertiary/aromatic N) is 1. The molecule has 2 aromatic carbocycles. The number of hydrogen-bond donors (Lipinski definition) is 1. The van der Waals surface area contributed by atoms with Crippen LogP contribution in [-0.2, 0) is 4.79 Å². The predicted molar refractivity (Wildman–Crippen MR) is 76.2 cm³/mol. The largest absolute Gasteiger partial charge is 0.479 e. The first-order valence-electron chi connectivity index (χ1n) is 6.43. The summed E-state index contributed by atoms with van der Waals surface area (Å²) in [5.41, 5.74) is 1.23. The lowest BCUT2D eigenvalue weighted by Gasteiger charge is -2.30. The number of hydrogen-bond acceptors (Lipinski definition) is 2. The molecule has 4 heteroatoms. The van der Waals surface area contributed by atoms with E-state index in [1.165, 1.54) is 18.2 Å². The number of carboxylic acid groups (broad SMARTS) is 1. The molecule has 0 amide bonds. The molecule has 1 N–H and O–H groups in total. The van der Waals surface area contributed by atoms with Gasteiger partial charge in [0.15, 0.2) is 6.04 Å². The Bertz CT molecular complexity index is 586. The molecule has 0 fully saturated rings. The average molecular weight is 273 g/mol. The maximum absolute atomic E-state index is 13.3. The molecule has 2 rings (SSSR count). The van der Waals surface area contributed by atoms with Gasteiger partial charge in [0.2, 0.25) is 0 Å². The van der Waals surface area contributed by atoms with E-state index >= 15 is 0 Å². The highest BCUT2D eigenvalue weighted by atomic mass is 19.1. The Balaban J connectivity index is 2.44. The summed E-state index contributed by atoms with van der Waals surface area (Å²) in [4.78, 5) is 13.4. The summed E-state index contributed by atoms with van der Waals surface area (Å²) in [6.07, 6.45) is 0. The lowest BCUT2D eigenvalue weighted by atomic mass is 10.0. The average Bonchev–Trinajstić information content (AvgIpc) is 2.45. The minimum Gasteiger partial charge on any atom is -0.479 e. The number of anilines is 1. The molecule has 0 aliphatic rings. The van der Waals surface area contributed by atoms with E-state index in [2.05, 4.69) is 0 Å². The highest BCUT2D eigenvalue weighted by molar-refractivity contribution is 5.80. The summed E-state index contributed by atoms with van der Waals surface area (Å²) in [7, 11) is 0. The Kier molecular flexibility index (Phi) is 4.35. The van der Waals surface area contributed by atoms with Gasteiger partial charge in [0.1, 0.15) is 5.82 Å². The fourth-order valence-corrected chi connectivity index (χ4v) is 2.27. The molecule has 0 aromatic heterocycles. The molecule has 3 nitrogen and oxygen atoms in total. The quantitative estimate of drug-likeness (QED) is 0.906. The third-order valence-electron chi connectivity index (χ3n) is 3.14. The second kappa shape index (κ2) is 6.19. The first-order valence-corrected chi connectivity index (χ1v) is 6.43. The van der Waals surface area contributed by atoms with Crippen molar-refractivity contribution >= 4 is 11.7 Å². The highest BCUT2D eigenvalue weighted by Gasteiger charge is 2.26. The fourth-order valence-electron chi connectivity index (χ4n) is 2.27. The first kappa shape index (κ1) is 14.1. The number of benzene rings is 2. The predicted octanol–water partition coefficient (Wildman–Crippen LogP) is 3.48. The van der Waals surface area contributed by atoms with Gasteiger partial charge in [-0.1, -0.05) is 30.3 Å². The third-order valence-corrected chi connectivity index (χ3v) is 3.14. The van der Waals surface area contributed by atoms with Crippen LogP contribution in [0.4, 0.5) is 10.1 Å². The van der Waals surface area contributed by atoms with Crippen molar-refractivity contribution in [1.29, 1.82) is 0 Å². The van der Waals surface area contributed by atoms with Gasteiger partial charge in [0.05, 0.1) is 0 Å². The second-order valence-electron chi connectivity index (χ2n) is 4.42. The standard InChI is InChI=1S/C16H16FNO2/c1-2-18(14-9-4-3-5-10-14)15(16(19)20)12-7-6-8-13(17)11-12/h3-11,15H,2H2,1H3,(H,19,20). The number of halogens is 1. The maximum atomic E-state index is 13.3. The zero-order valence-electron chi connectivity index (χ0n) is 11.2. The lowest BCUT2D eigenvalue weighted by molar-refractivity contribution is -0.138. The fraction of sp³-hybridized carbons (Fsp3) is 0.188. The van der Waals surface area contributed by atoms with Gasteiger partial charge in [0.25, 0.3) is 0 Å². The second-order valence-corrected chi connectivity index (χ2v) is 4.42. The van der Waals surface area contributed by atoms with Crippen LogP contribution >= 0.6 is 0 Å². The van der Waals surface area contributed by atoms with Crippen molar-refractivity contribution in [3.63, 3.8) is 0 Å². The van der Waals surface area contributed by atoms with Crippen LogP contribution in [-0.4, -0.2) is 17.6 Å². The number of carbonyl (C=O) groups is 1. The van der Waals surface area contributed by atoms with Crippen LogP contribution in [0.25, 0.3) is 0 Å². The molecular weight excluding hydrogens is 257 g/mol. The number of carboxylic acids is 1. The molecule has 2 aromatic rings. The molecule has 0 heterocycles. The summed E-state index contributed by atoms with van der Waals surface area (Å²) < 4.78 is 13.3. The topological polar surface area (TPSA) is 40.5 Å². The van der Waals surface area contributed by atoms with Gasteiger partial charge in [0, 0.05) is 12.2 Å². The molecule has 0 spiro atoms. The molecule has 104 valence electrons. The van der Waals surface area contributed by atoms with Crippen molar-refractivity contribution in [3.05, 3.63) is 66.0 Å². The highest BCUT2D eigenvalue weighted by Crippen LogP contribution is 2.27. The van der Waals surface area contributed by atoms with E-state index in [0.29, 0.717) is 12.1 Å². The van der Waals surface area contributed by atoms with E-state index < -0.39 is 17.8 Å². The van der Waals surface area contributed by atoms with Crippen molar-refractivity contribution in [3.8, 4) is 0 Å². The SMILES string of the molecule is CCN(c1ccccc1)C(C(=O)O)c1cccc(F)c1. The number of para-hydroxylation sites is 1. The number of aliphatic carboxylic acids is 1. The van der Waals surface area contributed by atoms with Crippen molar-refractivity contribution in [2.75, 3.05) is 11.4 Å². The molecule has 0 radical (unpaired) electrons. The van der Waals surface area contributed by atoms with Crippen LogP contribution in [0.3, 0.4) is 0 Å². The van der Waals surface area contributed by atoms with Gasteiger partial charge in [-0.3, -0.25) is 0 Å². The summed E-state index contributed by atoms with van der Waals surface area (Å²) in [6.45, 7) is 2.39. The zero-order valence-corrected chi connectivity index (χ0v) is 11.2. The monoisotopic (exact) mass is 273 g/mol. The first-order chi connectivity index (χ1) is 9.63. The minimum absolute atomic E-state index is 0.433. The maximum Gasteiger partial charge on any atom is 0.331 e. The Hall–Kier alpha value is -2.36. The van der Waals surface area contributed by atoms with Crippen molar-refractivity contribution in [2.24, 2.45) is 0 Å². The van der Waals surface area contributed by atoms with E-state index in [0.717, 1.165) is 5.69 Å². The lowest BCUT2D eigenvalue weighted by Crippen LogP contribution is -2.34. The smallest absolute Gasteiger partial charge is 0.331 e. The van der Waals surface area contributed by atoms with Crippen LogP contribution < -0.4 is 4.90 Å². The Morgan fingerprint density at radius 2 is 1.90 bits per heavy atom. The zero-order chi connectivity index (χ0) is 14.5. The molecule has 20 heavy (non-hydrogen) atoms. The number of rotatable bonds is 5. The molecule has 0 bridgehead atoms. The minimum atomic E-state index is -0.999. The van der Waals surface area contributed by atoms with Crippen LogP contribution in [0.1, 0.15) is 18.5 Å². The third kappa shape index (κ3) is 2.96. The Morgan fingerprint density at radius 3 is 2.45 bits per heavy atom. The molecular formula is C16H16FNO2. The van der Waals surface area contributed by atoms with E-state index in [4.69, 9.17) is 0 Å². The van der Waals surface area contributed by atoms with E-state index in [1.807, 2.05) is 37.3 Å². The van der Waals surface area contributed by atoms with Crippen molar-refractivity contribution in [2.45, 2.75) is 13.0 Å². The van der Waals surface area contributed by atoms with E-state index in [1.54, 1.807) is 11.0 Å². The van der Waals surface area contributed by atoms with Crippen molar-refractivity contribution < 1.29 is 14.3 Å². The van der Waals surface area contributed by atoms with Gasteiger partial charge >= 0.3 is 5.97 Å². The van der Waals surface area contributed by atoms with Gasteiger partial charge in [-0.15, -0.1) is 0 Å². The Morgan fingerprint density at radius 1 is 1.20 bits per heavy atom. The van der Waals surface area contributed by atoms with Gasteiger partial charge in [-0.2, -0.15) is 0 Å². The number of likely N-dealkylation sites (N-methyl/N-ethyl adjacent to an activating group) is 1. The molecule has 1 atom stereocenters.